The minimum atomic E-state index is 0.204. The minimum Gasteiger partial charge on any atom is -0.490 e. The summed E-state index contributed by atoms with van der Waals surface area (Å²) in [7, 11) is 0. The summed E-state index contributed by atoms with van der Waals surface area (Å²) >= 11 is 11.7. The van der Waals surface area contributed by atoms with Crippen LogP contribution >= 0.6 is 23.2 Å². The summed E-state index contributed by atoms with van der Waals surface area (Å²) in [6, 6.07) is 5.10. The molecule has 1 saturated heterocycles. The lowest BCUT2D eigenvalue weighted by Crippen LogP contribution is -2.29. The van der Waals surface area contributed by atoms with Crippen LogP contribution in [0.15, 0.2) is 18.2 Å². The van der Waals surface area contributed by atoms with Gasteiger partial charge in [-0.05, 0) is 24.6 Å². The zero-order valence-corrected chi connectivity index (χ0v) is 10.8. The molecule has 1 amide bonds. The van der Waals surface area contributed by atoms with Crippen LogP contribution in [0.1, 0.15) is 12.8 Å². The third-order valence-electron chi connectivity index (χ3n) is 2.68. The van der Waals surface area contributed by atoms with E-state index in [0.29, 0.717) is 35.4 Å². The Bertz CT molecular complexity index is 423. The first-order chi connectivity index (χ1) is 8.16. The van der Waals surface area contributed by atoms with Gasteiger partial charge in [0.25, 0.3) is 0 Å². The Morgan fingerprint density at radius 1 is 1.35 bits per heavy atom. The molecule has 0 N–H and O–H groups in total. The van der Waals surface area contributed by atoms with Crippen molar-refractivity contribution in [2.45, 2.75) is 12.8 Å². The molecule has 1 heterocycles. The molecule has 5 heteroatoms. The van der Waals surface area contributed by atoms with Crippen LogP contribution in [0.2, 0.25) is 10.0 Å². The molecule has 0 spiro atoms. The van der Waals surface area contributed by atoms with E-state index in [1.165, 1.54) is 0 Å². The van der Waals surface area contributed by atoms with Crippen molar-refractivity contribution in [2.24, 2.45) is 0 Å². The molecule has 1 aliphatic rings. The van der Waals surface area contributed by atoms with Gasteiger partial charge in [-0.25, -0.2) is 0 Å². The molecule has 0 aliphatic carbocycles. The Morgan fingerprint density at radius 2 is 2.18 bits per heavy atom. The van der Waals surface area contributed by atoms with Crippen molar-refractivity contribution in [3.63, 3.8) is 0 Å². The maximum absolute atomic E-state index is 11.4. The van der Waals surface area contributed by atoms with Gasteiger partial charge < -0.3 is 9.64 Å². The second-order valence-electron chi connectivity index (χ2n) is 3.91. The lowest BCUT2D eigenvalue weighted by molar-refractivity contribution is -0.128. The van der Waals surface area contributed by atoms with E-state index in [1.54, 1.807) is 18.2 Å². The third-order valence-corrected chi connectivity index (χ3v) is 3.21. The lowest BCUT2D eigenvalue weighted by atomic mass is 10.3. The first-order valence-electron chi connectivity index (χ1n) is 5.52. The molecule has 3 nitrogen and oxygen atoms in total. The second-order valence-corrected chi connectivity index (χ2v) is 4.75. The fraction of sp³-hybridized carbons (Fsp3) is 0.417. The van der Waals surface area contributed by atoms with Gasteiger partial charge in [0.05, 0.1) is 11.6 Å². The van der Waals surface area contributed by atoms with E-state index in [-0.39, 0.29) is 5.91 Å². The van der Waals surface area contributed by atoms with Gasteiger partial charge in [0.15, 0.2) is 0 Å². The average molecular weight is 274 g/mol. The largest absolute Gasteiger partial charge is 0.490 e. The number of hydrogen-bond acceptors (Lipinski definition) is 2. The van der Waals surface area contributed by atoms with Gasteiger partial charge in [0.2, 0.25) is 5.91 Å². The second kappa shape index (κ2) is 5.61. The van der Waals surface area contributed by atoms with Crippen LogP contribution in [0, 0.1) is 0 Å². The predicted octanol–water partition coefficient (Wildman–Crippen LogP) is 2.99. The summed E-state index contributed by atoms with van der Waals surface area (Å²) in [5, 5.41) is 1.07. The summed E-state index contributed by atoms with van der Waals surface area (Å²) in [6.07, 6.45) is 1.60. The topological polar surface area (TPSA) is 29.5 Å². The Labute approximate surface area is 110 Å². The molecule has 1 aromatic carbocycles. The van der Waals surface area contributed by atoms with E-state index in [2.05, 4.69) is 0 Å². The maximum Gasteiger partial charge on any atom is 0.222 e. The van der Waals surface area contributed by atoms with Gasteiger partial charge in [-0.2, -0.15) is 0 Å². The molecule has 0 radical (unpaired) electrons. The molecule has 1 fully saturated rings. The number of nitrogens with zero attached hydrogens (tertiary/aromatic N) is 1. The van der Waals surface area contributed by atoms with Crippen molar-refractivity contribution < 1.29 is 9.53 Å². The Balaban J connectivity index is 1.83. The Hall–Kier alpha value is -0.930. The molecular formula is C12H13Cl2NO2. The molecule has 2 rings (SSSR count). The zero-order chi connectivity index (χ0) is 12.3. The van der Waals surface area contributed by atoms with Gasteiger partial charge in [-0.3, -0.25) is 4.79 Å². The maximum atomic E-state index is 11.4. The fourth-order valence-electron chi connectivity index (χ4n) is 1.80. The van der Waals surface area contributed by atoms with Crippen LogP contribution in [0.5, 0.6) is 5.75 Å². The first kappa shape index (κ1) is 12.5. The van der Waals surface area contributed by atoms with Crippen molar-refractivity contribution in [2.75, 3.05) is 19.7 Å². The number of carbonyl (C=O) groups is 1. The molecule has 0 unspecified atom stereocenters. The van der Waals surface area contributed by atoms with Gasteiger partial charge in [0.1, 0.15) is 12.4 Å². The number of amides is 1. The highest BCUT2D eigenvalue weighted by molar-refractivity contribution is 6.35. The number of rotatable bonds is 4. The molecule has 1 aliphatic heterocycles. The summed E-state index contributed by atoms with van der Waals surface area (Å²) in [6.45, 7) is 1.89. The first-order valence-corrected chi connectivity index (χ1v) is 6.28. The van der Waals surface area contributed by atoms with E-state index < -0.39 is 0 Å². The Morgan fingerprint density at radius 3 is 2.82 bits per heavy atom. The number of hydrogen-bond donors (Lipinski definition) is 0. The van der Waals surface area contributed by atoms with Crippen LogP contribution < -0.4 is 4.74 Å². The molecule has 0 aromatic heterocycles. The lowest BCUT2D eigenvalue weighted by Gasteiger charge is -2.16. The normalized spacial score (nSPS) is 15.4. The average Bonchev–Trinajstić information content (AvgIpc) is 2.68. The van der Waals surface area contributed by atoms with E-state index in [4.69, 9.17) is 27.9 Å². The number of ether oxygens (including phenoxy) is 1. The van der Waals surface area contributed by atoms with Crippen LogP contribution in [0.25, 0.3) is 0 Å². The number of halogens is 2. The molecule has 17 heavy (non-hydrogen) atoms. The van der Waals surface area contributed by atoms with Crippen LogP contribution in [-0.4, -0.2) is 30.5 Å². The van der Waals surface area contributed by atoms with Crippen LogP contribution in [0.4, 0.5) is 0 Å². The third kappa shape index (κ3) is 3.27. The molecule has 92 valence electrons. The van der Waals surface area contributed by atoms with Gasteiger partial charge >= 0.3 is 0 Å². The molecule has 0 saturated carbocycles. The predicted molar refractivity (Wildman–Crippen MR) is 67.8 cm³/mol. The summed E-state index contributed by atoms with van der Waals surface area (Å²) in [4.78, 5) is 13.2. The Kier molecular flexibility index (Phi) is 4.13. The van der Waals surface area contributed by atoms with E-state index >= 15 is 0 Å². The van der Waals surface area contributed by atoms with Crippen LogP contribution in [0.3, 0.4) is 0 Å². The van der Waals surface area contributed by atoms with Gasteiger partial charge in [0, 0.05) is 18.0 Å². The number of carbonyl (C=O) groups excluding carboxylic acids is 1. The van der Waals surface area contributed by atoms with Crippen molar-refractivity contribution in [1.29, 1.82) is 0 Å². The van der Waals surface area contributed by atoms with Gasteiger partial charge in [-0.1, -0.05) is 23.2 Å². The van der Waals surface area contributed by atoms with Crippen molar-refractivity contribution in [3.8, 4) is 5.75 Å². The van der Waals surface area contributed by atoms with E-state index in [9.17, 15) is 4.79 Å². The minimum absolute atomic E-state index is 0.204. The summed E-state index contributed by atoms with van der Waals surface area (Å²) < 4.78 is 5.52. The van der Waals surface area contributed by atoms with Crippen molar-refractivity contribution >= 4 is 29.1 Å². The van der Waals surface area contributed by atoms with E-state index in [1.807, 2.05) is 4.90 Å². The molecule has 0 bridgehead atoms. The quantitative estimate of drug-likeness (QED) is 0.844. The molecular weight excluding hydrogens is 261 g/mol. The summed E-state index contributed by atoms with van der Waals surface area (Å²) in [5.74, 6) is 0.804. The molecule has 1 aromatic rings. The van der Waals surface area contributed by atoms with Crippen molar-refractivity contribution in [3.05, 3.63) is 28.2 Å². The van der Waals surface area contributed by atoms with Crippen LogP contribution in [-0.2, 0) is 4.79 Å². The highest BCUT2D eigenvalue weighted by Crippen LogP contribution is 2.27. The zero-order valence-electron chi connectivity index (χ0n) is 9.29. The SMILES string of the molecule is O=C1CCCN1CCOc1ccc(Cl)cc1Cl. The summed E-state index contributed by atoms with van der Waals surface area (Å²) in [5.41, 5.74) is 0. The smallest absolute Gasteiger partial charge is 0.222 e. The number of benzene rings is 1. The molecule has 0 atom stereocenters. The van der Waals surface area contributed by atoms with Crippen molar-refractivity contribution in [1.82, 2.24) is 4.90 Å². The highest BCUT2D eigenvalue weighted by Gasteiger charge is 2.19. The fourth-order valence-corrected chi connectivity index (χ4v) is 2.26. The van der Waals surface area contributed by atoms with E-state index in [0.717, 1.165) is 13.0 Å². The highest BCUT2D eigenvalue weighted by atomic mass is 35.5. The number of likely N-dealkylation sites (tertiary alicyclic amines) is 1. The monoisotopic (exact) mass is 273 g/mol. The van der Waals surface area contributed by atoms with Gasteiger partial charge in [-0.15, -0.1) is 0 Å². The standard InChI is InChI=1S/C12H13Cl2NO2/c13-9-3-4-11(10(14)8-9)17-7-6-15-5-1-2-12(15)16/h3-4,8H,1-2,5-7H2.